The summed E-state index contributed by atoms with van der Waals surface area (Å²) in [5, 5.41) is 3.35. The lowest BCUT2D eigenvalue weighted by molar-refractivity contribution is -0.123. The number of esters is 1. The molecular formula is C29H30N6O5S. The molecule has 1 aliphatic rings. The number of nitrogens with zero attached hydrogens (tertiary/aromatic N) is 4. The van der Waals surface area contributed by atoms with Crippen molar-refractivity contribution in [1.29, 1.82) is 0 Å². The zero-order valence-electron chi connectivity index (χ0n) is 23.1. The van der Waals surface area contributed by atoms with E-state index in [9.17, 15) is 18.0 Å². The number of para-hydroxylation sites is 1. The number of benzene rings is 2. The lowest BCUT2D eigenvalue weighted by Gasteiger charge is -2.27. The molecule has 1 unspecified atom stereocenters. The average molecular weight is 575 g/mol. The first-order chi connectivity index (χ1) is 19.5. The van der Waals surface area contributed by atoms with E-state index in [0.717, 1.165) is 17.8 Å². The molecule has 0 fully saturated rings. The third kappa shape index (κ3) is 6.18. The van der Waals surface area contributed by atoms with Crippen molar-refractivity contribution in [3.63, 3.8) is 0 Å². The summed E-state index contributed by atoms with van der Waals surface area (Å²) in [6, 6.07) is 14.7. The summed E-state index contributed by atoms with van der Waals surface area (Å²) in [5.74, 6) is -1.18. The number of carbonyl (C=O) groups is 2. The fourth-order valence-corrected chi connectivity index (χ4v) is 5.69. The van der Waals surface area contributed by atoms with Gasteiger partial charge in [0.25, 0.3) is 15.9 Å². The van der Waals surface area contributed by atoms with Gasteiger partial charge in [-0.15, -0.1) is 0 Å². The number of amides is 1. The number of pyridine rings is 1. The van der Waals surface area contributed by atoms with Crippen LogP contribution in [-0.2, 0) is 32.5 Å². The van der Waals surface area contributed by atoms with Crippen LogP contribution in [0.5, 0.6) is 0 Å². The maximum atomic E-state index is 13.4. The number of carbonyl (C=O) groups excluding carboxylic acids is 2. The number of hydrogen-bond donors (Lipinski definition) is 2. The van der Waals surface area contributed by atoms with Crippen molar-refractivity contribution in [1.82, 2.24) is 19.9 Å². The van der Waals surface area contributed by atoms with Gasteiger partial charge in [-0.2, -0.15) is 0 Å². The van der Waals surface area contributed by atoms with Gasteiger partial charge in [-0.1, -0.05) is 18.2 Å². The van der Waals surface area contributed by atoms with Gasteiger partial charge in [0, 0.05) is 53.2 Å². The van der Waals surface area contributed by atoms with Crippen molar-refractivity contribution in [3.05, 3.63) is 82.8 Å². The zero-order chi connectivity index (χ0) is 29.3. The molecular weight excluding hydrogens is 544 g/mol. The van der Waals surface area contributed by atoms with Gasteiger partial charge in [-0.3, -0.25) is 9.78 Å². The van der Waals surface area contributed by atoms with Crippen molar-refractivity contribution >= 4 is 44.4 Å². The van der Waals surface area contributed by atoms with Crippen molar-refractivity contribution in [3.8, 4) is 0 Å². The van der Waals surface area contributed by atoms with E-state index in [-0.39, 0.29) is 10.8 Å². The number of hydrogen-bond acceptors (Lipinski definition) is 9. The first-order valence-corrected chi connectivity index (χ1v) is 14.5. The number of likely N-dealkylation sites (N-methyl/N-ethyl adjacent to an activating group) is 1. The maximum Gasteiger partial charge on any atom is 0.339 e. The maximum absolute atomic E-state index is 13.4. The summed E-state index contributed by atoms with van der Waals surface area (Å²) in [4.78, 5) is 41.4. The zero-order valence-corrected chi connectivity index (χ0v) is 23.9. The summed E-state index contributed by atoms with van der Waals surface area (Å²) in [6.07, 6.45) is -0.399. The lowest BCUT2D eigenvalue weighted by atomic mass is 9.96. The second kappa shape index (κ2) is 11.2. The van der Waals surface area contributed by atoms with Gasteiger partial charge in [0.15, 0.2) is 6.10 Å². The summed E-state index contributed by atoms with van der Waals surface area (Å²) in [7, 11) is -1.97. The van der Waals surface area contributed by atoms with Gasteiger partial charge in [0.05, 0.1) is 16.0 Å². The molecule has 12 heteroatoms. The molecule has 11 nitrogen and oxygen atoms in total. The van der Waals surface area contributed by atoms with Crippen LogP contribution in [0.4, 0.5) is 11.6 Å². The predicted octanol–water partition coefficient (Wildman–Crippen LogP) is 3.61. The molecule has 4 aromatic rings. The summed E-state index contributed by atoms with van der Waals surface area (Å²) >= 11 is 0. The first kappa shape index (κ1) is 28.1. The van der Waals surface area contributed by atoms with Gasteiger partial charge in [0.1, 0.15) is 0 Å². The van der Waals surface area contributed by atoms with Gasteiger partial charge < -0.3 is 15.0 Å². The number of rotatable bonds is 7. The Kier molecular flexibility index (Phi) is 7.70. The molecule has 5 rings (SSSR count). The first-order valence-electron chi connectivity index (χ1n) is 13.1. The van der Waals surface area contributed by atoms with E-state index in [4.69, 9.17) is 9.72 Å². The molecule has 0 aliphatic carbocycles. The second-order valence-electron chi connectivity index (χ2n) is 10.1. The molecule has 0 saturated carbocycles. The fraction of sp³-hybridized carbons (Fsp3) is 0.276. The SMILES string of the molecule is Cc1cc(C)nc(NS(=O)(=O)c2ccc(NC(=O)C(C)OC(=O)c3c4c(nc5ccccc35)CCN(C)C4)cc2)n1. The molecule has 1 atom stereocenters. The predicted molar refractivity (Wildman–Crippen MR) is 154 cm³/mol. The van der Waals surface area contributed by atoms with Crippen molar-refractivity contribution in [2.24, 2.45) is 0 Å². The van der Waals surface area contributed by atoms with Gasteiger partial charge in [-0.05, 0) is 64.2 Å². The van der Waals surface area contributed by atoms with Crippen LogP contribution in [0, 0.1) is 13.8 Å². The molecule has 212 valence electrons. The monoisotopic (exact) mass is 574 g/mol. The van der Waals surface area contributed by atoms with Gasteiger partial charge in [-0.25, -0.2) is 27.9 Å². The van der Waals surface area contributed by atoms with Crippen molar-refractivity contribution < 1.29 is 22.7 Å². The Labute approximate surface area is 238 Å². The van der Waals surface area contributed by atoms with E-state index in [1.54, 1.807) is 19.9 Å². The molecule has 0 spiro atoms. The fourth-order valence-electron chi connectivity index (χ4n) is 4.74. The van der Waals surface area contributed by atoms with E-state index >= 15 is 0 Å². The number of aromatic nitrogens is 3. The molecule has 0 radical (unpaired) electrons. The second-order valence-corrected chi connectivity index (χ2v) is 11.7. The molecule has 3 heterocycles. The van der Waals surface area contributed by atoms with Crippen LogP contribution < -0.4 is 10.0 Å². The molecule has 0 saturated heterocycles. The molecule has 1 amide bonds. The summed E-state index contributed by atoms with van der Waals surface area (Å²) in [5.41, 5.74) is 4.40. The Morgan fingerprint density at radius 3 is 2.39 bits per heavy atom. The minimum absolute atomic E-state index is 0.0228. The normalized spacial score (nSPS) is 14.2. The summed E-state index contributed by atoms with van der Waals surface area (Å²) < 4.78 is 33.6. The quantitative estimate of drug-likeness (QED) is 0.316. The Morgan fingerprint density at radius 1 is 1.00 bits per heavy atom. The topological polar surface area (TPSA) is 143 Å². The third-order valence-corrected chi connectivity index (χ3v) is 8.08. The Morgan fingerprint density at radius 2 is 1.68 bits per heavy atom. The largest absolute Gasteiger partial charge is 0.449 e. The van der Waals surface area contributed by atoms with Crippen molar-refractivity contribution in [2.75, 3.05) is 23.6 Å². The highest BCUT2D eigenvalue weighted by atomic mass is 32.2. The highest BCUT2D eigenvalue weighted by Crippen LogP contribution is 2.29. The number of nitrogens with one attached hydrogen (secondary N) is 2. The number of anilines is 2. The number of aryl methyl sites for hydroxylation is 2. The summed E-state index contributed by atoms with van der Waals surface area (Å²) in [6.45, 7) is 6.36. The molecule has 41 heavy (non-hydrogen) atoms. The standard InChI is InChI=1S/C29H30N6O5S/c1-17-15-18(2)31-29(30-17)34-41(38,39)21-11-9-20(10-12-21)32-27(36)19(3)40-28(37)26-22-7-5-6-8-24(22)33-25-13-14-35(4)16-23(25)26/h5-12,15,19H,13-14,16H2,1-4H3,(H,32,36)(H,30,31,34). The lowest BCUT2D eigenvalue weighted by Crippen LogP contribution is -2.32. The smallest absolute Gasteiger partial charge is 0.339 e. The van der Waals surface area contributed by atoms with Gasteiger partial charge >= 0.3 is 5.97 Å². The van der Waals surface area contributed by atoms with Gasteiger partial charge in [0.2, 0.25) is 5.95 Å². The third-order valence-electron chi connectivity index (χ3n) is 6.73. The molecule has 1 aliphatic heterocycles. The Balaban J connectivity index is 1.28. The minimum Gasteiger partial charge on any atom is -0.449 e. The van der Waals surface area contributed by atoms with Crippen LogP contribution in [0.1, 0.15) is 39.9 Å². The van der Waals surface area contributed by atoms with Crippen LogP contribution >= 0.6 is 0 Å². The van der Waals surface area contributed by atoms with Crippen LogP contribution in [-0.4, -0.2) is 59.8 Å². The average Bonchev–Trinajstić information content (AvgIpc) is 2.91. The Bertz CT molecular complexity index is 1740. The van der Waals surface area contributed by atoms with Crippen molar-refractivity contribution in [2.45, 2.75) is 44.7 Å². The molecule has 2 aromatic heterocycles. The number of fused-ring (bicyclic) bond motifs is 2. The van der Waals surface area contributed by atoms with Crippen LogP contribution in [0.2, 0.25) is 0 Å². The highest BCUT2D eigenvalue weighted by molar-refractivity contribution is 7.92. The van der Waals surface area contributed by atoms with E-state index < -0.39 is 28.0 Å². The minimum atomic E-state index is -3.95. The van der Waals surface area contributed by atoms with E-state index in [1.165, 1.54) is 31.2 Å². The van der Waals surface area contributed by atoms with E-state index in [0.29, 0.717) is 46.5 Å². The van der Waals surface area contributed by atoms with Crippen LogP contribution in [0.15, 0.2) is 59.5 Å². The molecule has 2 aromatic carbocycles. The molecule has 0 bridgehead atoms. The highest BCUT2D eigenvalue weighted by Gasteiger charge is 2.28. The number of sulfonamides is 1. The van der Waals surface area contributed by atoms with E-state index in [1.807, 2.05) is 31.3 Å². The van der Waals surface area contributed by atoms with Crippen LogP contribution in [0.3, 0.4) is 0 Å². The van der Waals surface area contributed by atoms with Crippen LogP contribution in [0.25, 0.3) is 10.9 Å². The molecule has 2 N–H and O–H groups in total. The number of ether oxygens (including phenoxy) is 1. The van der Waals surface area contributed by atoms with E-state index in [2.05, 4.69) is 24.9 Å². The Hall–Kier alpha value is -4.42.